The number of rotatable bonds is 8. The summed E-state index contributed by atoms with van der Waals surface area (Å²) in [6.45, 7) is 9.47. The third-order valence-electron chi connectivity index (χ3n) is 4.02. The molecule has 1 aromatic rings. The van der Waals surface area contributed by atoms with E-state index < -0.39 is 0 Å². The second-order valence-electron chi connectivity index (χ2n) is 5.76. The van der Waals surface area contributed by atoms with E-state index >= 15 is 0 Å². The van der Waals surface area contributed by atoms with Crippen molar-refractivity contribution in [2.45, 2.75) is 39.2 Å². The lowest BCUT2D eigenvalue weighted by Crippen LogP contribution is -2.25. The fraction of sp³-hybridized carbons (Fsp3) is 0.647. The number of benzene rings is 1. The third kappa shape index (κ3) is 5.17. The molecule has 0 spiro atoms. The van der Waals surface area contributed by atoms with Crippen LogP contribution in [0.4, 0.5) is 0 Å². The predicted molar refractivity (Wildman–Crippen MR) is 89.3 cm³/mol. The molecule has 1 saturated heterocycles. The number of ether oxygens (including phenoxy) is 1. The number of nitrogens with one attached hydrogen (secondary N) is 1. The summed E-state index contributed by atoms with van der Waals surface area (Å²) < 4.78 is 5.82. The summed E-state index contributed by atoms with van der Waals surface area (Å²) in [5.41, 5.74) is 1.21. The van der Waals surface area contributed by atoms with Crippen LogP contribution in [0.2, 0.25) is 5.02 Å². The van der Waals surface area contributed by atoms with E-state index in [1.807, 2.05) is 12.1 Å². The van der Waals surface area contributed by atoms with Crippen LogP contribution in [0.25, 0.3) is 0 Å². The van der Waals surface area contributed by atoms with E-state index in [1.54, 1.807) is 0 Å². The molecule has 2 rings (SSSR count). The summed E-state index contributed by atoms with van der Waals surface area (Å²) in [6.07, 6.45) is 3.77. The largest absolute Gasteiger partial charge is 0.491 e. The topological polar surface area (TPSA) is 24.5 Å². The number of nitrogens with zero attached hydrogens (tertiary/aromatic N) is 1. The minimum atomic E-state index is 0.320. The molecule has 1 aliphatic rings. The van der Waals surface area contributed by atoms with Crippen molar-refractivity contribution in [2.24, 2.45) is 0 Å². The van der Waals surface area contributed by atoms with Gasteiger partial charge in [-0.25, -0.2) is 0 Å². The molecule has 21 heavy (non-hydrogen) atoms. The molecule has 1 fully saturated rings. The molecular formula is C17H27ClN2O. The molecular weight excluding hydrogens is 284 g/mol. The maximum Gasteiger partial charge on any atom is 0.137 e. The first-order valence-corrected chi connectivity index (χ1v) is 8.46. The first-order chi connectivity index (χ1) is 10.2. The molecule has 1 unspecified atom stereocenters. The van der Waals surface area contributed by atoms with E-state index in [-0.39, 0.29) is 0 Å². The molecule has 0 saturated carbocycles. The van der Waals surface area contributed by atoms with E-state index in [9.17, 15) is 0 Å². The van der Waals surface area contributed by atoms with Crippen LogP contribution in [0.1, 0.15) is 44.7 Å². The number of likely N-dealkylation sites (tertiary alicyclic amines) is 1. The smallest absolute Gasteiger partial charge is 0.137 e. The summed E-state index contributed by atoms with van der Waals surface area (Å²) in [5.74, 6) is 0.794. The van der Waals surface area contributed by atoms with Gasteiger partial charge < -0.3 is 10.1 Å². The molecule has 0 amide bonds. The van der Waals surface area contributed by atoms with Gasteiger partial charge in [-0.15, -0.1) is 0 Å². The van der Waals surface area contributed by atoms with Crippen LogP contribution in [0.5, 0.6) is 5.75 Å². The second-order valence-corrected chi connectivity index (χ2v) is 6.17. The lowest BCUT2D eigenvalue weighted by atomic mass is 10.1. The van der Waals surface area contributed by atoms with Gasteiger partial charge in [-0.3, -0.25) is 4.90 Å². The Labute approximate surface area is 133 Å². The van der Waals surface area contributed by atoms with Gasteiger partial charge in [0, 0.05) is 12.6 Å². The van der Waals surface area contributed by atoms with Crippen LogP contribution in [0.3, 0.4) is 0 Å². The van der Waals surface area contributed by atoms with Gasteiger partial charge in [0.2, 0.25) is 0 Å². The predicted octanol–water partition coefficient (Wildman–Crippen LogP) is 3.88. The molecule has 0 bridgehead atoms. The molecule has 4 heteroatoms. The normalized spacial score (nSPS) is 17.1. The summed E-state index contributed by atoms with van der Waals surface area (Å²) in [7, 11) is 0. The Kier molecular flexibility index (Phi) is 6.81. The minimum Gasteiger partial charge on any atom is -0.491 e. The van der Waals surface area contributed by atoms with Crippen molar-refractivity contribution < 1.29 is 4.74 Å². The van der Waals surface area contributed by atoms with Crippen molar-refractivity contribution in [3.63, 3.8) is 0 Å². The fourth-order valence-electron chi connectivity index (χ4n) is 2.67. The van der Waals surface area contributed by atoms with E-state index in [2.05, 4.69) is 30.1 Å². The molecule has 0 radical (unpaired) electrons. The van der Waals surface area contributed by atoms with Crippen molar-refractivity contribution >= 4 is 11.6 Å². The van der Waals surface area contributed by atoms with Crippen molar-refractivity contribution in [1.82, 2.24) is 10.2 Å². The van der Waals surface area contributed by atoms with Crippen LogP contribution in [0, 0.1) is 0 Å². The Balaban J connectivity index is 1.83. The molecule has 1 atom stereocenters. The molecule has 0 aliphatic carbocycles. The average molecular weight is 311 g/mol. The number of hydrogen-bond acceptors (Lipinski definition) is 3. The summed E-state index contributed by atoms with van der Waals surface area (Å²) in [4.78, 5) is 2.44. The fourth-order valence-corrected chi connectivity index (χ4v) is 2.92. The van der Waals surface area contributed by atoms with Gasteiger partial charge in [-0.1, -0.05) is 24.6 Å². The van der Waals surface area contributed by atoms with Crippen LogP contribution in [0.15, 0.2) is 18.2 Å². The Morgan fingerprint density at radius 2 is 2.10 bits per heavy atom. The van der Waals surface area contributed by atoms with Gasteiger partial charge in [0.05, 0.1) is 5.02 Å². The zero-order chi connectivity index (χ0) is 15.1. The van der Waals surface area contributed by atoms with Crippen LogP contribution < -0.4 is 10.1 Å². The van der Waals surface area contributed by atoms with E-state index in [0.717, 1.165) is 25.3 Å². The molecule has 118 valence electrons. The van der Waals surface area contributed by atoms with Gasteiger partial charge >= 0.3 is 0 Å². The summed E-state index contributed by atoms with van der Waals surface area (Å²) in [5, 5.41) is 4.18. The standard InChI is InChI=1S/C17H27ClN2O/c1-3-8-19-14(2)15-6-7-17(16(18)13-15)21-12-11-20-9-4-5-10-20/h6-7,13-14,19H,3-5,8-12H2,1-2H3. The first-order valence-electron chi connectivity index (χ1n) is 8.08. The lowest BCUT2D eigenvalue weighted by Gasteiger charge is -2.17. The number of halogens is 1. The Morgan fingerprint density at radius 1 is 1.33 bits per heavy atom. The van der Waals surface area contributed by atoms with Crippen molar-refractivity contribution in [3.8, 4) is 5.75 Å². The second kappa shape index (κ2) is 8.62. The maximum atomic E-state index is 6.34. The molecule has 0 aromatic heterocycles. The zero-order valence-corrected chi connectivity index (χ0v) is 14.0. The monoisotopic (exact) mass is 310 g/mol. The Morgan fingerprint density at radius 3 is 2.76 bits per heavy atom. The third-order valence-corrected chi connectivity index (χ3v) is 4.32. The Hall–Kier alpha value is -0.770. The highest BCUT2D eigenvalue weighted by atomic mass is 35.5. The number of hydrogen-bond donors (Lipinski definition) is 1. The summed E-state index contributed by atoms with van der Waals surface area (Å²) >= 11 is 6.34. The van der Waals surface area contributed by atoms with Gasteiger partial charge in [0.25, 0.3) is 0 Å². The summed E-state index contributed by atoms with van der Waals surface area (Å²) in [6, 6.07) is 6.43. The lowest BCUT2D eigenvalue weighted by molar-refractivity contribution is 0.238. The molecule has 1 aromatic carbocycles. The van der Waals surface area contributed by atoms with E-state index in [0.29, 0.717) is 17.7 Å². The van der Waals surface area contributed by atoms with E-state index in [4.69, 9.17) is 16.3 Å². The quantitative estimate of drug-likeness (QED) is 0.788. The molecule has 3 nitrogen and oxygen atoms in total. The zero-order valence-electron chi connectivity index (χ0n) is 13.2. The Bertz CT molecular complexity index is 433. The SMILES string of the molecule is CCCNC(C)c1ccc(OCCN2CCCC2)c(Cl)c1. The molecule has 1 heterocycles. The van der Waals surface area contributed by atoms with Gasteiger partial charge in [-0.2, -0.15) is 0 Å². The van der Waals surface area contributed by atoms with E-state index in [1.165, 1.54) is 31.5 Å². The van der Waals surface area contributed by atoms with Crippen molar-refractivity contribution in [1.29, 1.82) is 0 Å². The molecule has 1 aliphatic heterocycles. The minimum absolute atomic E-state index is 0.320. The van der Waals surface area contributed by atoms with Crippen LogP contribution >= 0.6 is 11.6 Å². The van der Waals surface area contributed by atoms with Crippen LogP contribution in [-0.4, -0.2) is 37.7 Å². The highest BCUT2D eigenvalue weighted by molar-refractivity contribution is 6.32. The highest BCUT2D eigenvalue weighted by Gasteiger charge is 2.12. The van der Waals surface area contributed by atoms with Crippen molar-refractivity contribution in [3.05, 3.63) is 28.8 Å². The first kappa shape index (κ1) is 16.6. The average Bonchev–Trinajstić information content (AvgIpc) is 2.99. The van der Waals surface area contributed by atoms with Gasteiger partial charge in [0.1, 0.15) is 12.4 Å². The maximum absolute atomic E-state index is 6.34. The van der Waals surface area contributed by atoms with Crippen LogP contribution in [-0.2, 0) is 0 Å². The molecule has 1 N–H and O–H groups in total. The highest BCUT2D eigenvalue weighted by Crippen LogP contribution is 2.28. The van der Waals surface area contributed by atoms with Crippen molar-refractivity contribution in [2.75, 3.05) is 32.8 Å². The van der Waals surface area contributed by atoms with Gasteiger partial charge in [-0.05, 0) is 63.5 Å². The van der Waals surface area contributed by atoms with Gasteiger partial charge in [0.15, 0.2) is 0 Å².